The number of aromatic amines is 2. The van der Waals surface area contributed by atoms with Gasteiger partial charge in [-0.05, 0) is 19.1 Å². The monoisotopic (exact) mass is 287 g/mol. The molecule has 0 bridgehead atoms. The summed E-state index contributed by atoms with van der Waals surface area (Å²) < 4.78 is 6.57. The van der Waals surface area contributed by atoms with Gasteiger partial charge in [-0.15, -0.1) is 0 Å². The van der Waals surface area contributed by atoms with Crippen LogP contribution in [0.25, 0.3) is 22.6 Å². The molecule has 3 rings (SSSR count). The zero-order valence-electron chi connectivity index (χ0n) is 11.5. The molecule has 0 saturated heterocycles. The van der Waals surface area contributed by atoms with Gasteiger partial charge in [0.2, 0.25) is 5.88 Å². The SMILES string of the molecule is CCn1c(=O)[nH]c(=O)c2[nH]c(-c3cccnc3OC)nc21. The van der Waals surface area contributed by atoms with E-state index in [0.29, 0.717) is 29.5 Å². The maximum absolute atomic E-state index is 11.9. The second-order valence-electron chi connectivity index (χ2n) is 4.35. The van der Waals surface area contributed by atoms with Crippen molar-refractivity contribution in [3.8, 4) is 17.3 Å². The van der Waals surface area contributed by atoms with Gasteiger partial charge in [-0.2, -0.15) is 0 Å². The van der Waals surface area contributed by atoms with E-state index >= 15 is 0 Å². The van der Waals surface area contributed by atoms with Crippen LogP contribution in [0.1, 0.15) is 6.92 Å². The smallest absolute Gasteiger partial charge is 0.330 e. The number of hydrogen-bond donors (Lipinski definition) is 2. The number of imidazole rings is 1. The number of aryl methyl sites for hydroxylation is 1. The number of methoxy groups -OCH3 is 1. The summed E-state index contributed by atoms with van der Waals surface area (Å²) in [4.78, 5) is 37.3. The maximum Gasteiger partial charge on any atom is 0.330 e. The lowest BCUT2D eigenvalue weighted by Gasteiger charge is -2.03. The Labute approximate surface area is 118 Å². The van der Waals surface area contributed by atoms with Crippen molar-refractivity contribution in [3.63, 3.8) is 0 Å². The lowest BCUT2D eigenvalue weighted by Crippen LogP contribution is -2.29. The predicted octanol–water partition coefficient (Wildman–Crippen LogP) is 0.503. The topological polar surface area (TPSA) is 106 Å². The summed E-state index contributed by atoms with van der Waals surface area (Å²) in [5.41, 5.74) is 0.197. The van der Waals surface area contributed by atoms with Crippen molar-refractivity contribution in [2.45, 2.75) is 13.5 Å². The molecule has 3 heterocycles. The Morgan fingerprint density at radius 2 is 2.14 bits per heavy atom. The summed E-state index contributed by atoms with van der Waals surface area (Å²) in [5, 5.41) is 0. The number of aromatic nitrogens is 5. The van der Waals surface area contributed by atoms with Gasteiger partial charge in [0.1, 0.15) is 11.3 Å². The number of fused-ring (bicyclic) bond motifs is 1. The Balaban J connectivity index is 2.34. The quantitative estimate of drug-likeness (QED) is 0.730. The summed E-state index contributed by atoms with van der Waals surface area (Å²) >= 11 is 0. The molecule has 8 heteroatoms. The van der Waals surface area contributed by atoms with Crippen LogP contribution in [0.5, 0.6) is 5.88 Å². The Bertz CT molecular complexity index is 921. The molecule has 0 aromatic carbocycles. The van der Waals surface area contributed by atoms with E-state index in [-0.39, 0.29) is 5.52 Å². The van der Waals surface area contributed by atoms with Gasteiger partial charge in [0.05, 0.1) is 12.7 Å². The Morgan fingerprint density at radius 3 is 2.86 bits per heavy atom. The van der Waals surface area contributed by atoms with Crippen molar-refractivity contribution in [1.29, 1.82) is 0 Å². The molecule has 0 amide bonds. The summed E-state index contributed by atoms with van der Waals surface area (Å²) in [6.07, 6.45) is 1.60. The van der Waals surface area contributed by atoms with E-state index in [4.69, 9.17) is 4.74 Å². The molecule has 2 N–H and O–H groups in total. The van der Waals surface area contributed by atoms with E-state index in [1.807, 2.05) is 0 Å². The highest BCUT2D eigenvalue weighted by Gasteiger charge is 2.15. The van der Waals surface area contributed by atoms with Gasteiger partial charge in [-0.3, -0.25) is 14.3 Å². The minimum Gasteiger partial charge on any atom is -0.480 e. The fourth-order valence-electron chi connectivity index (χ4n) is 2.20. The summed E-state index contributed by atoms with van der Waals surface area (Å²) in [6, 6.07) is 3.51. The molecule has 3 aromatic heterocycles. The number of nitrogens with zero attached hydrogens (tertiary/aromatic N) is 3. The third-order valence-electron chi connectivity index (χ3n) is 3.17. The molecule has 108 valence electrons. The first-order chi connectivity index (χ1) is 10.2. The third kappa shape index (κ3) is 2.00. The minimum absolute atomic E-state index is 0.248. The highest BCUT2D eigenvalue weighted by atomic mass is 16.5. The number of H-pyrrole nitrogens is 2. The zero-order chi connectivity index (χ0) is 15.0. The molecule has 0 radical (unpaired) electrons. The normalized spacial score (nSPS) is 11.0. The lowest BCUT2D eigenvalue weighted by atomic mass is 10.2. The lowest BCUT2D eigenvalue weighted by molar-refractivity contribution is 0.399. The highest BCUT2D eigenvalue weighted by molar-refractivity contribution is 5.76. The highest BCUT2D eigenvalue weighted by Crippen LogP contribution is 2.25. The molecule has 21 heavy (non-hydrogen) atoms. The van der Waals surface area contributed by atoms with E-state index < -0.39 is 11.2 Å². The van der Waals surface area contributed by atoms with E-state index in [2.05, 4.69) is 19.9 Å². The van der Waals surface area contributed by atoms with Gasteiger partial charge in [-0.25, -0.2) is 14.8 Å². The molecule has 0 unspecified atom stereocenters. The maximum atomic E-state index is 11.9. The van der Waals surface area contributed by atoms with Crippen LogP contribution in [0.15, 0.2) is 27.9 Å². The van der Waals surface area contributed by atoms with Gasteiger partial charge in [-0.1, -0.05) is 0 Å². The molecule has 0 fully saturated rings. The first kappa shape index (κ1) is 13.1. The number of rotatable bonds is 3. The minimum atomic E-state index is -0.499. The van der Waals surface area contributed by atoms with Crippen LogP contribution in [0.3, 0.4) is 0 Å². The van der Waals surface area contributed by atoms with Crippen molar-refractivity contribution in [2.75, 3.05) is 7.11 Å². The molecule has 0 spiro atoms. The van der Waals surface area contributed by atoms with Crippen LogP contribution in [0.4, 0.5) is 0 Å². The van der Waals surface area contributed by atoms with Crippen LogP contribution in [-0.4, -0.2) is 31.6 Å². The first-order valence-electron chi connectivity index (χ1n) is 6.38. The van der Waals surface area contributed by atoms with Crippen molar-refractivity contribution < 1.29 is 4.74 Å². The van der Waals surface area contributed by atoms with Crippen molar-refractivity contribution >= 4 is 11.2 Å². The van der Waals surface area contributed by atoms with E-state index in [0.717, 1.165) is 0 Å². The van der Waals surface area contributed by atoms with Gasteiger partial charge >= 0.3 is 5.69 Å². The second kappa shape index (κ2) is 4.89. The molecule has 0 aliphatic heterocycles. The van der Waals surface area contributed by atoms with Crippen LogP contribution in [-0.2, 0) is 6.54 Å². The van der Waals surface area contributed by atoms with Gasteiger partial charge in [0.25, 0.3) is 5.56 Å². The van der Waals surface area contributed by atoms with Crippen molar-refractivity contribution in [1.82, 2.24) is 24.5 Å². The number of ether oxygens (including phenoxy) is 1. The number of hydrogen-bond acceptors (Lipinski definition) is 5. The van der Waals surface area contributed by atoms with E-state index in [9.17, 15) is 9.59 Å². The summed E-state index contributed by atoms with van der Waals surface area (Å²) in [6.45, 7) is 2.21. The fourth-order valence-corrected chi connectivity index (χ4v) is 2.20. The predicted molar refractivity (Wildman–Crippen MR) is 76.4 cm³/mol. The first-order valence-corrected chi connectivity index (χ1v) is 6.38. The average molecular weight is 287 g/mol. The molecule has 0 aliphatic rings. The molecule has 0 atom stereocenters. The van der Waals surface area contributed by atoms with Crippen LogP contribution >= 0.6 is 0 Å². The van der Waals surface area contributed by atoms with Gasteiger partial charge < -0.3 is 9.72 Å². The number of pyridine rings is 1. The van der Waals surface area contributed by atoms with Crippen LogP contribution < -0.4 is 16.0 Å². The average Bonchev–Trinajstić information content (AvgIpc) is 2.93. The molecule has 8 nitrogen and oxygen atoms in total. The van der Waals surface area contributed by atoms with Crippen LogP contribution in [0, 0.1) is 0 Å². The third-order valence-corrected chi connectivity index (χ3v) is 3.17. The number of nitrogens with one attached hydrogen (secondary N) is 2. The molecular formula is C13H13N5O3. The van der Waals surface area contributed by atoms with Crippen molar-refractivity contribution in [3.05, 3.63) is 39.2 Å². The van der Waals surface area contributed by atoms with Crippen molar-refractivity contribution in [2.24, 2.45) is 0 Å². The van der Waals surface area contributed by atoms with Crippen LogP contribution in [0.2, 0.25) is 0 Å². The molecule has 0 aliphatic carbocycles. The summed E-state index contributed by atoms with van der Waals surface area (Å²) in [5.74, 6) is 0.812. The molecular weight excluding hydrogens is 274 g/mol. The standard InChI is InChI=1S/C13H13N5O3/c1-3-18-10-8(11(19)17-13(18)20)15-9(16-10)7-5-4-6-14-12(7)21-2/h4-6H,3H2,1-2H3,(H,15,16)(H,17,19,20). The fraction of sp³-hybridized carbons (Fsp3) is 0.231. The van der Waals surface area contributed by atoms with Gasteiger partial charge in [0.15, 0.2) is 5.65 Å². The van der Waals surface area contributed by atoms with E-state index in [1.165, 1.54) is 11.7 Å². The van der Waals surface area contributed by atoms with E-state index in [1.54, 1.807) is 25.3 Å². The second-order valence-corrected chi connectivity index (χ2v) is 4.35. The Hall–Kier alpha value is -2.90. The van der Waals surface area contributed by atoms with Gasteiger partial charge in [0, 0.05) is 12.7 Å². The zero-order valence-corrected chi connectivity index (χ0v) is 11.5. The Morgan fingerprint density at radius 1 is 1.33 bits per heavy atom. The Kier molecular flexibility index (Phi) is 3.05. The summed E-state index contributed by atoms with van der Waals surface area (Å²) in [7, 11) is 1.50. The molecule has 0 saturated carbocycles. The molecule has 3 aromatic rings. The largest absolute Gasteiger partial charge is 0.480 e.